The van der Waals surface area contributed by atoms with Gasteiger partial charge in [-0.15, -0.1) is 0 Å². The van der Waals surface area contributed by atoms with Crippen LogP contribution in [0, 0.1) is 0 Å². The third-order valence-corrected chi connectivity index (χ3v) is 4.73. The van der Waals surface area contributed by atoms with Crippen molar-refractivity contribution >= 4 is 17.7 Å². The van der Waals surface area contributed by atoms with E-state index in [-0.39, 0.29) is 17.2 Å². The quantitative estimate of drug-likeness (QED) is 0.847. The van der Waals surface area contributed by atoms with Gasteiger partial charge >= 0.3 is 6.18 Å². The van der Waals surface area contributed by atoms with Crippen molar-refractivity contribution < 1.29 is 18.0 Å². The van der Waals surface area contributed by atoms with Crippen molar-refractivity contribution in [3.63, 3.8) is 0 Å². The van der Waals surface area contributed by atoms with Crippen molar-refractivity contribution in [2.24, 2.45) is 0 Å². The Hall–Kier alpha value is -1.24. The molecule has 7 heteroatoms. The van der Waals surface area contributed by atoms with Crippen LogP contribution in [0.4, 0.5) is 13.2 Å². The SMILES string of the molecule is C[C@H](Sc1ccc(C(F)(F)F)cn1)C(=O)NC1CCCCC1. The molecule has 0 unspecified atom stereocenters. The fourth-order valence-electron chi connectivity index (χ4n) is 2.42. The number of pyridine rings is 1. The van der Waals surface area contributed by atoms with Gasteiger partial charge in [0.2, 0.25) is 5.91 Å². The highest BCUT2D eigenvalue weighted by molar-refractivity contribution is 8.00. The van der Waals surface area contributed by atoms with Gasteiger partial charge < -0.3 is 5.32 Å². The van der Waals surface area contributed by atoms with Crippen molar-refractivity contribution in [3.05, 3.63) is 23.9 Å². The van der Waals surface area contributed by atoms with Crippen molar-refractivity contribution in [1.82, 2.24) is 10.3 Å². The number of alkyl halides is 3. The third kappa shape index (κ3) is 4.90. The predicted octanol–water partition coefficient (Wildman–Crippen LogP) is 4.03. The molecule has 0 aliphatic heterocycles. The summed E-state index contributed by atoms with van der Waals surface area (Å²) in [6.45, 7) is 1.74. The molecule has 1 aliphatic rings. The fourth-order valence-corrected chi connectivity index (χ4v) is 3.22. The molecule has 0 aromatic carbocycles. The Morgan fingerprint density at radius 3 is 2.55 bits per heavy atom. The molecular weight excluding hydrogens is 313 g/mol. The molecule has 1 amide bonds. The van der Waals surface area contributed by atoms with Crippen molar-refractivity contribution in [2.75, 3.05) is 0 Å². The second-order valence-electron chi connectivity index (χ2n) is 5.49. The fraction of sp³-hybridized carbons (Fsp3) is 0.600. The molecule has 0 spiro atoms. The minimum absolute atomic E-state index is 0.0846. The van der Waals surface area contributed by atoms with E-state index in [4.69, 9.17) is 0 Å². The summed E-state index contributed by atoms with van der Waals surface area (Å²) >= 11 is 1.17. The molecule has 1 aliphatic carbocycles. The van der Waals surface area contributed by atoms with E-state index in [0.29, 0.717) is 5.03 Å². The van der Waals surface area contributed by atoms with E-state index in [1.54, 1.807) is 6.92 Å². The second kappa shape index (κ2) is 7.35. The smallest absolute Gasteiger partial charge is 0.352 e. The van der Waals surface area contributed by atoms with Crippen LogP contribution in [0.3, 0.4) is 0 Å². The van der Waals surface area contributed by atoms with E-state index < -0.39 is 11.7 Å². The number of rotatable bonds is 4. The predicted molar refractivity (Wildman–Crippen MR) is 79.6 cm³/mol. The van der Waals surface area contributed by atoms with Crippen LogP contribution in [0.1, 0.15) is 44.6 Å². The number of halogens is 3. The van der Waals surface area contributed by atoms with Crippen LogP contribution in [-0.4, -0.2) is 22.2 Å². The van der Waals surface area contributed by atoms with Gasteiger partial charge in [0.05, 0.1) is 15.8 Å². The molecule has 0 radical (unpaired) electrons. The summed E-state index contributed by atoms with van der Waals surface area (Å²) in [5.41, 5.74) is -0.781. The summed E-state index contributed by atoms with van der Waals surface area (Å²) < 4.78 is 37.4. The molecule has 1 aromatic rings. The molecular formula is C15H19F3N2OS. The number of carbonyl (C=O) groups is 1. The maximum absolute atomic E-state index is 12.5. The minimum Gasteiger partial charge on any atom is -0.352 e. The molecule has 1 heterocycles. The lowest BCUT2D eigenvalue weighted by Gasteiger charge is -2.24. The average molecular weight is 332 g/mol. The maximum atomic E-state index is 12.5. The lowest BCUT2D eigenvalue weighted by molar-refractivity contribution is -0.137. The van der Waals surface area contributed by atoms with E-state index in [2.05, 4.69) is 10.3 Å². The average Bonchev–Trinajstić information content (AvgIpc) is 2.48. The first-order chi connectivity index (χ1) is 10.4. The number of nitrogens with one attached hydrogen (secondary N) is 1. The normalized spacial score (nSPS) is 18.0. The van der Waals surface area contributed by atoms with Gasteiger partial charge in [-0.1, -0.05) is 31.0 Å². The summed E-state index contributed by atoms with van der Waals surface area (Å²) in [7, 11) is 0. The monoisotopic (exact) mass is 332 g/mol. The van der Waals surface area contributed by atoms with Crippen molar-refractivity contribution in [1.29, 1.82) is 0 Å². The largest absolute Gasteiger partial charge is 0.417 e. The van der Waals surface area contributed by atoms with Gasteiger partial charge in [-0.25, -0.2) is 4.98 Å². The highest BCUT2D eigenvalue weighted by Crippen LogP contribution is 2.30. The number of carbonyl (C=O) groups excluding carboxylic acids is 1. The zero-order chi connectivity index (χ0) is 16.2. The van der Waals surface area contributed by atoms with E-state index in [9.17, 15) is 18.0 Å². The van der Waals surface area contributed by atoms with Crippen LogP contribution in [0.2, 0.25) is 0 Å². The molecule has 0 bridgehead atoms. The van der Waals surface area contributed by atoms with E-state index in [0.717, 1.165) is 37.9 Å². The van der Waals surface area contributed by atoms with Crippen molar-refractivity contribution in [3.8, 4) is 0 Å². The van der Waals surface area contributed by atoms with Crippen LogP contribution in [0.5, 0.6) is 0 Å². The Balaban J connectivity index is 1.87. The summed E-state index contributed by atoms with van der Waals surface area (Å²) in [5, 5.41) is 3.04. The first-order valence-electron chi connectivity index (χ1n) is 7.36. The van der Waals surface area contributed by atoms with Gasteiger partial charge in [0.15, 0.2) is 0 Å². The number of nitrogens with zero attached hydrogens (tertiary/aromatic N) is 1. The first kappa shape index (κ1) is 17.1. The van der Waals surface area contributed by atoms with Crippen molar-refractivity contribution in [2.45, 2.75) is 61.5 Å². The van der Waals surface area contributed by atoms with Gasteiger partial charge in [-0.05, 0) is 31.9 Å². The zero-order valence-corrected chi connectivity index (χ0v) is 13.1. The number of aromatic nitrogens is 1. The Labute approximate surface area is 132 Å². The summed E-state index contributed by atoms with van der Waals surface area (Å²) in [6, 6.07) is 2.52. The molecule has 1 atom stereocenters. The number of thioether (sulfide) groups is 1. The lowest BCUT2D eigenvalue weighted by atomic mass is 9.95. The van der Waals surface area contributed by atoms with Crippen LogP contribution < -0.4 is 5.32 Å². The highest BCUT2D eigenvalue weighted by Gasteiger charge is 2.30. The van der Waals surface area contributed by atoms with Gasteiger partial charge in [-0.2, -0.15) is 13.2 Å². The van der Waals surface area contributed by atoms with E-state index in [1.807, 2.05) is 0 Å². The Morgan fingerprint density at radius 1 is 1.32 bits per heavy atom. The molecule has 2 rings (SSSR count). The third-order valence-electron chi connectivity index (χ3n) is 3.68. The van der Waals surface area contributed by atoms with Gasteiger partial charge in [-0.3, -0.25) is 4.79 Å². The Morgan fingerprint density at radius 2 is 2.00 bits per heavy atom. The highest BCUT2D eigenvalue weighted by atomic mass is 32.2. The maximum Gasteiger partial charge on any atom is 0.417 e. The second-order valence-corrected chi connectivity index (χ2v) is 6.85. The molecule has 0 saturated heterocycles. The van der Waals surface area contributed by atoms with Crippen LogP contribution in [0.25, 0.3) is 0 Å². The molecule has 1 aromatic heterocycles. The number of hydrogen-bond acceptors (Lipinski definition) is 3. The number of amides is 1. The molecule has 122 valence electrons. The summed E-state index contributed by atoms with van der Waals surface area (Å²) in [4.78, 5) is 15.9. The lowest BCUT2D eigenvalue weighted by Crippen LogP contribution is -2.40. The zero-order valence-electron chi connectivity index (χ0n) is 12.3. The van der Waals surface area contributed by atoms with Gasteiger partial charge in [0.25, 0.3) is 0 Å². The van der Waals surface area contributed by atoms with E-state index in [1.165, 1.54) is 24.2 Å². The minimum atomic E-state index is -4.39. The molecule has 22 heavy (non-hydrogen) atoms. The Bertz CT molecular complexity index is 499. The summed E-state index contributed by atoms with van der Waals surface area (Å²) in [6.07, 6.45) is 1.89. The molecule has 1 saturated carbocycles. The van der Waals surface area contributed by atoms with Crippen LogP contribution in [0.15, 0.2) is 23.4 Å². The van der Waals surface area contributed by atoms with E-state index >= 15 is 0 Å². The van der Waals surface area contributed by atoms with Gasteiger partial charge in [0, 0.05) is 12.2 Å². The topological polar surface area (TPSA) is 42.0 Å². The van der Waals surface area contributed by atoms with Crippen LogP contribution >= 0.6 is 11.8 Å². The van der Waals surface area contributed by atoms with Crippen LogP contribution in [-0.2, 0) is 11.0 Å². The summed E-state index contributed by atoms with van der Waals surface area (Å²) in [5.74, 6) is -0.0846. The number of hydrogen-bond donors (Lipinski definition) is 1. The molecule has 1 N–H and O–H groups in total. The van der Waals surface area contributed by atoms with Gasteiger partial charge in [0.1, 0.15) is 0 Å². The molecule has 3 nitrogen and oxygen atoms in total. The molecule has 1 fully saturated rings. The standard InChI is InChI=1S/C15H19F3N2OS/c1-10(14(21)20-12-5-3-2-4-6-12)22-13-8-7-11(9-19-13)15(16,17)18/h7-10,12H,2-6H2,1H3,(H,20,21)/t10-/m0/s1. The first-order valence-corrected chi connectivity index (χ1v) is 8.24. The Kier molecular flexibility index (Phi) is 5.72.